The van der Waals surface area contributed by atoms with Gasteiger partial charge in [0.25, 0.3) is 0 Å². The van der Waals surface area contributed by atoms with Crippen LogP contribution >= 0.6 is 0 Å². The lowest BCUT2D eigenvalue weighted by Crippen LogP contribution is -2.40. The Balaban J connectivity index is 2.27. The molecule has 0 radical (unpaired) electrons. The van der Waals surface area contributed by atoms with E-state index in [4.69, 9.17) is 14.8 Å². The molecule has 0 unspecified atom stereocenters. The van der Waals surface area contributed by atoms with Crippen molar-refractivity contribution in [3.05, 3.63) is 53.0 Å². The summed E-state index contributed by atoms with van der Waals surface area (Å²) >= 11 is 0. The molecule has 0 spiro atoms. The average Bonchev–Trinajstić information content (AvgIpc) is 2.94. The molecule has 0 bridgehead atoms. The van der Waals surface area contributed by atoms with Gasteiger partial charge < -0.3 is 20.1 Å². The first-order valence-corrected chi connectivity index (χ1v) is 13.8. The minimum atomic E-state index is -3.72. The van der Waals surface area contributed by atoms with Crippen molar-refractivity contribution in [3.8, 4) is 11.1 Å². The van der Waals surface area contributed by atoms with Gasteiger partial charge in [-0.25, -0.2) is 22.1 Å². The minimum absolute atomic E-state index is 0.0600. The molecule has 2 aromatic rings. The molecule has 1 aromatic carbocycles. The molecule has 37 heavy (non-hydrogen) atoms. The fourth-order valence-corrected chi connectivity index (χ4v) is 5.64. The molecular formula is C26H33FN2O7S. The van der Waals surface area contributed by atoms with Gasteiger partial charge in [0, 0.05) is 17.5 Å². The third-order valence-electron chi connectivity index (χ3n) is 6.00. The first-order chi connectivity index (χ1) is 17.3. The summed E-state index contributed by atoms with van der Waals surface area (Å²) in [5, 5.41) is 29.2. The third-order valence-corrected chi connectivity index (χ3v) is 7.25. The molecule has 0 amide bonds. The lowest BCUT2D eigenvalue weighted by atomic mass is 9.90. The summed E-state index contributed by atoms with van der Waals surface area (Å²) in [5.74, 6) is -1.54. The van der Waals surface area contributed by atoms with Crippen LogP contribution in [0.3, 0.4) is 0 Å². The van der Waals surface area contributed by atoms with Crippen molar-refractivity contribution in [2.45, 2.75) is 64.4 Å². The zero-order chi connectivity index (χ0) is 27.5. The fourth-order valence-electron chi connectivity index (χ4n) is 4.46. The number of nitrogens with zero attached hydrogens (tertiary/aromatic N) is 2. The van der Waals surface area contributed by atoms with Crippen molar-refractivity contribution >= 4 is 27.9 Å². The fraction of sp³-hybridized carbons (Fsp3) is 0.462. The molecule has 11 heteroatoms. The molecular weight excluding hydrogens is 503 g/mol. The van der Waals surface area contributed by atoms with Crippen LogP contribution in [0.1, 0.15) is 56.4 Å². The Labute approximate surface area is 216 Å². The largest absolute Gasteiger partial charge is 0.481 e. The summed E-state index contributed by atoms with van der Waals surface area (Å²) in [5.41, 5.74) is 2.83. The van der Waals surface area contributed by atoms with Gasteiger partial charge in [0.2, 0.25) is 10.0 Å². The molecule has 1 aliphatic heterocycles. The molecule has 0 saturated carbocycles. The Bertz CT molecular complexity index is 1260. The van der Waals surface area contributed by atoms with Gasteiger partial charge in [0.1, 0.15) is 11.6 Å². The lowest BCUT2D eigenvalue weighted by molar-refractivity contribution is -0.139. The Morgan fingerprint density at radius 2 is 1.92 bits per heavy atom. The molecule has 202 valence electrons. The van der Waals surface area contributed by atoms with E-state index in [-0.39, 0.29) is 31.4 Å². The van der Waals surface area contributed by atoms with E-state index in [9.17, 15) is 27.8 Å². The standard InChI is InChI=1S/C26H33FN2O7S/c1-15(2)25-21(10-9-19(30)11-20(31)12-23(32)33)24(17-5-7-18(27)8-6-17)22-14-36-13-16(3)29(26(22)28-25)37(4,34)35/h5-10,15-16,19-20,30-31H,11-14H2,1-4H3,(H,32,33)/t16-,19+,20+/m0/s1. The Hall–Kier alpha value is -2.86. The van der Waals surface area contributed by atoms with E-state index >= 15 is 0 Å². The smallest absolute Gasteiger partial charge is 0.305 e. The highest BCUT2D eigenvalue weighted by Crippen LogP contribution is 2.41. The minimum Gasteiger partial charge on any atom is -0.481 e. The number of ether oxygens (including phenoxy) is 1. The first kappa shape index (κ1) is 28.7. The third kappa shape index (κ3) is 6.92. The van der Waals surface area contributed by atoms with E-state index in [0.717, 1.165) is 6.26 Å². The highest BCUT2D eigenvalue weighted by atomic mass is 32.2. The molecule has 3 atom stereocenters. The van der Waals surface area contributed by atoms with Crippen LogP contribution in [-0.4, -0.2) is 65.8 Å². The molecule has 3 rings (SSSR count). The van der Waals surface area contributed by atoms with Gasteiger partial charge >= 0.3 is 5.97 Å². The van der Waals surface area contributed by atoms with Crippen LogP contribution in [0.2, 0.25) is 0 Å². The molecule has 2 heterocycles. The summed E-state index contributed by atoms with van der Waals surface area (Å²) in [6, 6.07) is 5.26. The molecule has 3 N–H and O–H groups in total. The van der Waals surface area contributed by atoms with Crippen LogP contribution in [0, 0.1) is 5.82 Å². The number of carboxylic acid groups (broad SMARTS) is 1. The maximum atomic E-state index is 13.8. The number of aliphatic hydroxyl groups excluding tert-OH is 2. The summed E-state index contributed by atoms with van der Waals surface area (Å²) in [4.78, 5) is 15.6. The van der Waals surface area contributed by atoms with Crippen molar-refractivity contribution in [3.63, 3.8) is 0 Å². The van der Waals surface area contributed by atoms with Crippen molar-refractivity contribution < 1.29 is 37.7 Å². The van der Waals surface area contributed by atoms with Crippen LogP contribution in [0.5, 0.6) is 0 Å². The maximum absolute atomic E-state index is 13.8. The predicted octanol–water partition coefficient (Wildman–Crippen LogP) is 3.30. The van der Waals surface area contributed by atoms with Crippen LogP contribution in [0.25, 0.3) is 17.2 Å². The number of hydrogen-bond donors (Lipinski definition) is 3. The number of aliphatic hydroxyl groups is 2. The van der Waals surface area contributed by atoms with Gasteiger partial charge in [-0.15, -0.1) is 0 Å². The number of benzene rings is 1. The van der Waals surface area contributed by atoms with E-state index in [2.05, 4.69) is 0 Å². The van der Waals surface area contributed by atoms with Crippen LogP contribution in [0.4, 0.5) is 10.2 Å². The second-order valence-corrected chi connectivity index (χ2v) is 11.4. The Morgan fingerprint density at radius 3 is 2.49 bits per heavy atom. The maximum Gasteiger partial charge on any atom is 0.305 e. The average molecular weight is 537 g/mol. The number of anilines is 1. The van der Waals surface area contributed by atoms with Crippen LogP contribution < -0.4 is 4.31 Å². The summed E-state index contributed by atoms with van der Waals surface area (Å²) in [6.07, 6.45) is 1.09. The number of carbonyl (C=O) groups is 1. The Morgan fingerprint density at radius 1 is 1.27 bits per heavy atom. The number of aromatic nitrogens is 1. The molecule has 1 aliphatic rings. The first-order valence-electron chi connectivity index (χ1n) is 12.0. The predicted molar refractivity (Wildman–Crippen MR) is 138 cm³/mol. The molecule has 9 nitrogen and oxygen atoms in total. The van der Waals surface area contributed by atoms with E-state index in [0.29, 0.717) is 27.9 Å². The summed E-state index contributed by atoms with van der Waals surface area (Å²) in [6.45, 7) is 5.74. The van der Waals surface area contributed by atoms with E-state index in [1.165, 1.54) is 22.5 Å². The number of hydrogen-bond acceptors (Lipinski definition) is 7. The molecule has 0 aliphatic carbocycles. The number of rotatable bonds is 9. The van der Waals surface area contributed by atoms with Gasteiger partial charge in [0.05, 0.1) is 49.8 Å². The van der Waals surface area contributed by atoms with Crippen LogP contribution in [0.15, 0.2) is 30.3 Å². The van der Waals surface area contributed by atoms with Crippen molar-refractivity contribution in [1.82, 2.24) is 4.98 Å². The molecule has 0 fully saturated rings. The Kier molecular flexibility index (Phi) is 9.06. The monoisotopic (exact) mass is 536 g/mol. The van der Waals surface area contributed by atoms with Gasteiger partial charge in [-0.3, -0.25) is 4.79 Å². The van der Waals surface area contributed by atoms with Gasteiger partial charge in [-0.05, 0) is 36.1 Å². The second-order valence-electron chi connectivity index (χ2n) is 9.59. The topological polar surface area (TPSA) is 137 Å². The van der Waals surface area contributed by atoms with E-state index in [1.807, 2.05) is 13.8 Å². The van der Waals surface area contributed by atoms with Crippen molar-refractivity contribution in [2.75, 3.05) is 17.2 Å². The molecule has 0 saturated heterocycles. The van der Waals surface area contributed by atoms with Crippen LogP contribution in [-0.2, 0) is 26.2 Å². The number of pyridine rings is 1. The number of carboxylic acids is 1. The normalized spacial score (nSPS) is 18.1. The summed E-state index contributed by atoms with van der Waals surface area (Å²) < 4.78 is 46.6. The van der Waals surface area contributed by atoms with Gasteiger partial charge in [0.15, 0.2) is 0 Å². The van der Waals surface area contributed by atoms with E-state index < -0.39 is 46.5 Å². The van der Waals surface area contributed by atoms with Crippen molar-refractivity contribution in [2.24, 2.45) is 0 Å². The quantitative estimate of drug-likeness (QED) is 0.444. The van der Waals surface area contributed by atoms with Crippen molar-refractivity contribution in [1.29, 1.82) is 0 Å². The summed E-state index contributed by atoms with van der Waals surface area (Å²) in [7, 11) is -3.72. The van der Waals surface area contributed by atoms with Gasteiger partial charge in [-0.1, -0.05) is 38.1 Å². The number of fused-ring (bicyclic) bond motifs is 1. The highest BCUT2D eigenvalue weighted by Gasteiger charge is 2.34. The number of aliphatic carboxylic acids is 1. The van der Waals surface area contributed by atoms with Gasteiger partial charge in [-0.2, -0.15) is 0 Å². The SMILES string of the molecule is CC(C)c1nc2c(c(-c3ccc(F)cc3)c1C=C[C@@H](O)C[C@@H](O)CC(=O)O)COC[C@H](C)N2S(C)(=O)=O. The second kappa shape index (κ2) is 11.7. The lowest BCUT2D eigenvalue weighted by Gasteiger charge is -2.29. The zero-order valence-electron chi connectivity index (χ0n) is 21.3. The number of halogens is 1. The number of sulfonamides is 1. The highest BCUT2D eigenvalue weighted by molar-refractivity contribution is 7.92. The zero-order valence-corrected chi connectivity index (χ0v) is 22.1. The molecule has 1 aromatic heterocycles. The van der Waals surface area contributed by atoms with E-state index in [1.54, 1.807) is 25.1 Å².